The van der Waals surface area contributed by atoms with Gasteiger partial charge in [0.05, 0.1) is 11.6 Å². The van der Waals surface area contributed by atoms with Crippen LogP contribution in [0.3, 0.4) is 0 Å². The molecular formula is C15H21N3. The first kappa shape index (κ1) is 12.9. The molecule has 0 radical (unpaired) electrons. The summed E-state index contributed by atoms with van der Waals surface area (Å²) in [6.07, 6.45) is 2.51. The first-order chi connectivity index (χ1) is 8.61. The zero-order chi connectivity index (χ0) is 13.1. The summed E-state index contributed by atoms with van der Waals surface area (Å²) in [5.74, 6) is 0. The number of piperidine rings is 1. The SMILES string of the molecule is Cc1cc(N(C)C2CCCN(C)C2)ccc1C#N. The van der Waals surface area contributed by atoms with Gasteiger partial charge in [0.25, 0.3) is 0 Å². The summed E-state index contributed by atoms with van der Waals surface area (Å²) in [5, 5.41) is 8.96. The molecule has 1 saturated heterocycles. The second kappa shape index (κ2) is 5.41. The Morgan fingerprint density at radius 2 is 2.22 bits per heavy atom. The minimum Gasteiger partial charge on any atom is -0.370 e. The summed E-state index contributed by atoms with van der Waals surface area (Å²) < 4.78 is 0. The predicted molar refractivity (Wildman–Crippen MR) is 74.8 cm³/mol. The summed E-state index contributed by atoms with van der Waals surface area (Å²) >= 11 is 0. The van der Waals surface area contributed by atoms with Gasteiger partial charge in [0.1, 0.15) is 0 Å². The fourth-order valence-corrected chi connectivity index (χ4v) is 2.66. The van der Waals surface area contributed by atoms with Gasteiger partial charge in [0, 0.05) is 25.3 Å². The summed E-state index contributed by atoms with van der Waals surface area (Å²) in [4.78, 5) is 4.74. The Bertz CT molecular complexity index is 461. The molecule has 0 aromatic heterocycles. The van der Waals surface area contributed by atoms with Gasteiger partial charge in [0.2, 0.25) is 0 Å². The van der Waals surface area contributed by atoms with E-state index in [1.54, 1.807) is 0 Å². The minimum absolute atomic E-state index is 0.580. The van der Waals surface area contributed by atoms with Gasteiger partial charge >= 0.3 is 0 Å². The van der Waals surface area contributed by atoms with E-state index in [0.717, 1.165) is 17.7 Å². The molecule has 1 aromatic carbocycles. The highest BCUT2D eigenvalue weighted by molar-refractivity contribution is 5.53. The zero-order valence-electron chi connectivity index (χ0n) is 11.5. The van der Waals surface area contributed by atoms with Crippen LogP contribution in [0.1, 0.15) is 24.0 Å². The van der Waals surface area contributed by atoms with Crippen molar-refractivity contribution >= 4 is 5.69 Å². The van der Waals surface area contributed by atoms with Crippen LogP contribution in [0.4, 0.5) is 5.69 Å². The van der Waals surface area contributed by atoms with Crippen LogP contribution in [0.2, 0.25) is 0 Å². The van der Waals surface area contributed by atoms with Crippen LogP contribution in [-0.4, -0.2) is 38.1 Å². The molecule has 0 saturated carbocycles. The Labute approximate surface area is 110 Å². The third-order valence-electron chi connectivity index (χ3n) is 3.89. The van der Waals surface area contributed by atoms with Crippen molar-refractivity contribution in [3.05, 3.63) is 29.3 Å². The molecule has 0 N–H and O–H groups in total. The van der Waals surface area contributed by atoms with Crippen molar-refractivity contribution in [3.8, 4) is 6.07 Å². The molecule has 2 rings (SSSR count). The van der Waals surface area contributed by atoms with Gasteiger partial charge in [-0.25, -0.2) is 0 Å². The van der Waals surface area contributed by atoms with E-state index in [1.807, 2.05) is 13.0 Å². The number of hydrogen-bond acceptors (Lipinski definition) is 3. The van der Waals surface area contributed by atoms with Crippen LogP contribution in [0, 0.1) is 18.3 Å². The van der Waals surface area contributed by atoms with Crippen LogP contribution in [-0.2, 0) is 0 Å². The van der Waals surface area contributed by atoms with Crippen molar-refractivity contribution in [1.82, 2.24) is 4.90 Å². The molecule has 18 heavy (non-hydrogen) atoms. The standard InChI is InChI=1S/C15H21N3/c1-12-9-14(7-6-13(12)10-16)18(3)15-5-4-8-17(2)11-15/h6-7,9,15H,4-5,8,11H2,1-3H3. The monoisotopic (exact) mass is 243 g/mol. The maximum atomic E-state index is 8.96. The van der Waals surface area contributed by atoms with E-state index >= 15 is 0 Å². The lowest BCUT2D eigenvalue weighted by atomic mass is 10.0. The normalized spacial score (nSPS) is 20.4. The Morgan fingerprint density at radius 3 is 2.83 bits per heavy atom. The summed E-state index contributed by atoms with van der Waals surface area (Å²) in [6, 6.07) is 8.90. The van der Waals surface area contributed by atoms with Gasteiger partial charge in [-0.15, -0.1) is 0 Å². The molecule has 3 heteroatoms. The molecule has 1 aliphatic rings. The van der Waals surface area contributed by atoms with Crippen molar-refractivity contribution < 1.29 is 0 Å². The third kappa shape index (κ3) is 2.65. The predicted octanol–water partition coefficient (Wildman–Crippen LogP) is 2.40. The van der Waals surface area contributed by atoms with Gasteiger partial charge in [0.15, 0.2) is 0 Å². The fraction of sp³-hybridized carbons (Fsp3) is 0.533. The minimum atomic E-state index is 0.580. The van der Waals surface area contributed by atoms with Crippen LogP contribution in [0.25, 0.3) is 0 Å². The molecule has 1 aromatic rings. The number of aryl methyl sites for hydroxylation is 1. The first-order valence-electron chi connectivity index (χ1n) is 6.54. The molecular weight excluding hydrogens is 222 g/mol. The van der Waals surface area contributed by atoms with Gasteiger partial charge in [-0.3, -0.25) is 0 Å². The number of anilines is 1. The van der Waals surface area contributed by atoms with E-state index in [1.165, 1.54) is 25.1 Å². The second-order valence-corrected chi connectivity index (χ2v) is 5.28. The molecule has 1 aliphatic heterocycles. The van der Waals surface area contributed by atoms with Crippen LogP contribution in [0.15, 0.2) is 18.2 Å². The number of nitriles is 1. The quantitative estimate of drug-likeness (QED) is 0.799. The number of likely N-dealkylation sites (N-methyl/N-ethyl adjacent to an activating group) is 2. The number of nitrogens with zero attached hydrogens (tertiary/aromatic N) is 3. The average Bonchev–Trinajstić information content (AvgIpc) is 2.37. The van der Waals surface area contributed by atoms with Crippen molar-refractivity contribution in [2.45, 2.75) is 25.8 Å². The van der Waals surface area contributed by atoms with Gasteiger partial charge < -0.3 is 9.80 Å². The Kier molecular flexibility index (Phi) is 3.88. The summed E-state index contributed by atoms with van der Waals surface area (Å²) in [5.41, 5.74) is 3.05. The lowest BCUT2D eigenvalue weighted by Crippen LogP contribution is -2.45. The largest absolute Gasteiger partial charge is 0.370 e. The number of rotatable bonds is 2. The number of likely N-dealkylation sites (tertiary alicyclic amines) is 1. The number of benzene rings is 1. The number of hydrogen-bond donors (Lipinski definition) is 0. The topological polar surface area (TPSA) is 30.3 Å². The maximum absolute atomic E-state index is 8.96. The van der Waals surface area contributed by atoms with E-state index in [4.69, 9.17) is 5.26 Å². The third-order valence-corrected chi connectivity index (χ3v) is 3.89. The summed E-state index contributed by atoms with van der Waals surface area (Å²) in [7, 11) is 4.34. The molecule has 1 heterocycles. The van der Waals surface area contributed by atoms with Crippen molar-refractivity contribution in [2.75, 3.05) is 32.1 Å². The van der Waals surface area contributed by atoms with E-state index in [0.29, 0.717) is 6.04 Å². The van der Waals surface area contributed by atoms with E-state index in [-0.39, 0.29) is 0 Å². The van der Waals surface area contributed by atoms with Crippen molar-refractivity contribution in [3.63, 3.8) is 0 Å². The summed E-state index contributed by atoms with van der Waals surface area (Å²) in [6.45, 7) is 4.33. The fourth-order valence-electron chi connectivity index (χ4n) is 2.66. The van der Waals surface area contributed by atoms with E-state index in [2.05, 4.69) is 42.1 Å². The molecule has 1 unspecified atom stereocenters. The molecule has 1 atom stereocenters. The Hall–Kier alpha value is -1.53. The molecule has 0 aliphatic carbocycles. The molecule has 0 spiro atoms. The van der Waals surface area contributed by atoms with Crippen molar-refractivity contribution in [1.29, 1.82) is 5.26 Å². The Morgan fingerprint density at radius 1 is 1.44 bits per heavy atom. The molecule has 96 valence electrons. The zero-order valence-corrected chi connectivity index (χ0v) is 11.5. The van der Waals surface area contributed by atoms with Crippen LogP contribution < -0.4 is 4.90 Å². The smallest absolute Gasteiger partial charge is 0.0994 e. The highest BCUT2D eigenvalue weighted by Crippen LogP contribution is 2.23. The van der Waals surface area contributed by atoms with E-state index in [9.17, 15) is 0 Å². The first-order valence-corrected chi connectivity index (χ1v) is 6.54. The average molecular weight is 243 g/mol. The lowest BCUT2D eigenvalue weighted by Gasteiger charge is -2.37. The lowest BCUT2D eigenvalue weighted by molar-refractivity contribution is 0.248. The molecule has 0 amide bonds. The van der Waals surface area contributed by atoms with Crippen molar-refractivity contribution in [2.24, 2.45) is 0 Å². The molecule has 3 nitrogen and oxygen atoms in total. The Balaban J connectivity index is 2.15. The van der Waals surface area contributed by atoms with Gasteiger partial charge in [-0.2, -0.15) is 5.26 Å². The van der Waals surface area contributed by atoms with Gasteiger partial charge in [-0.1, -0.05) is 0 Å². The van der Waals surface area contributed by atoms with Gasteiger partial charge in [-0.05, 0) is 57.1 Å². The highest BCUT2D eigenvalue weighted by atomic mass is 15.2. The van der Waals surface area contributed by atoms with Crippen LogP contribution in [0.5, 0.6) is 0 Å². The molecule has 0 bridgehead atoms. The maximum Gasteiger partial charge on any atom is 0.0994 e. The highest BCUT2D eigenvalue weighted by Gasteiger charge is 2.21. The molecule has 1 fully saturated rings. The van der Waals surface area contributed by atoms with Crippen LogP contribution >= 0.6 is 0 Å². The second-order valence-electron chi connectivity index (χ2n) is 5.28. The van der Waals surface area contributed by atoms with E-state index < -0.39 is 0 Å².